The Labute approximate surface area is 159 Å². The van der Waals surface area contributed by atoms with Gasteiger partial charge in [-0.3, -0.25) is 4.79 Å². The number of likely N-dealkylation sites (tertiary alicyclic amines) is 1. The minimum atomic E-state index is -0.896. The number of rotatable bonds is 2. The maximum absolute atomic E-state index is 12.6. The molecule has 0 spiro atoms. The number of hydrogen-bond donors (Lipinski definition) is 0. The highest BCUT2D eigenvalue weighted by atomic mass is 35.5. The van der Waals surface area contributed by atoms with E-state index in [4.69, 9.17) is 39.8 Å². The second kappa shape index (κ2) is 5.73. The van der Waals surface area contributed by atoms with Crippen molar-refractivity contribution in [1.29, 1.82) is 0 Å². The molecule has 1 atom stereocenters. The first-order valence-corrected chi connectivity index (χ1v) is 9.98. The quantitative estimate of drug-likeness (QED) is 0.642. The van der Waals surface area contributed by atoms with E-state index in [9.17, 15) is 4.79 Å². The van der Waals surface area contributed by atoms with Crippen LogP contribution in [0.2, 0.25) is 5.02 Å². The van der Waals surface area contributed by atoms with E-state index in [0.717, 1.165) is 41.2 Å². The van der Waals surface area contributed by atoms with Gasteiger partial charge in [-0.15, -0.1) is 34.5 Å². The van der Waals surface area contributed by atoms with Crippen molar-refractivity contribution in [2.45, 2.75) is 36.4 Å². The van der Waals surface area contributed by atoms with Crippen molar-refractivity contribution in [3.63, 3.8) is 0 Å². The van der Waals surface area contributed by atoms with Gasteiger partial charge in [-0.05, 0) is 44.4 Å². The maximum atomic E-state index is 12.6. The molecule has 7 heteroatoms. The third kappa shape index (κ3) is 2.72. The van der Waals surface area contributed by atoms with Crippen LogP contribution in [-0.2, 0) is 4.79 Å². The molecule has 2 aliphatic rings. The molecule has 2 heterocycles. The van der Waals surface area contributed by atoms with Gasteiger partial charge < -0.3 is 4.90 Å². The second-order valence-electron chi connectivity index (χ2n) is 6.94. The van der Waals surface area contributed by atoms with E-state index in [1.54, 1.807) is 11.3 Å². The van der Waals surface area contributed by atoms with Crippen LogP contribution in [0.5, 0.6) is 0 Å². The summed E-state index contributed by atoms with van der Waals surface area (Å²) in [6.07, 6.45) is 2.39. The lowest BCUT2D eigenvalue weighted by atomic mass is 9.96. The van der Waals surface area contributed by atoms with Gasteiger partial charge in [0.15, 0.2) is 0 Å². The van der Waals surface area contributed by atoms with Gasteiger partial charge in [0, 0.05) is 24.0 Å². The molecule has 1 saturated heterocycles. The lowest BCUT2D eigenvalue weighted by molar-refractivity contribution is -0.137. The molecule has 0 bridgehead atoms. The van der Waals surface area contributed by atoms with Gasteiger partial charge in [0.2, 0.25) is 5.91 Å². The number of hydrogen-bond acceptors (Lipinski definition) is 3. The molecule has 2 fully saturated rings. The Morgan fingerprint density at radius 2 is 2.00 bits per heavy atom. The standard InChI is InChI=1S/C17H17Cl3N2OS/c1-16(9-17(16,19)20)15(23)22-6-4-10(5-7-22)14-21-12-8-11(18)2-3-13(12)24-14/h2-3,8,10H,4-7,9H2,1H3. The molecular formula is C17H17Cl3N2OS. The average Bonchev–Trinajstić information content (AvgIpc) is 2.90. The summed E-state index contributed by atoms with van der Waals surface area (Å²) in [4.78, 5) is 19.3. The van der Waals surface area contributed by atoms with Crippen molar-refractivity contribution >= 4 is 62.3 Å². The number of amides is 1. The van der Waals surface area contributed by atoms with Gasteiger partial charge in [-0.25, -0.2) is 4.98 Å². The van der Waals surface area contributed by atoms with Crippen LogP contribution in [0.1, 0.15) is 37.1 Å². The first-order chi connectivity index (χ1) is 11.3. The molecule has 1 unspecified atom stereocenters. The van der Waals surface area contributed by atoms with E-state index in [1.165, 1.54) is 0 Å². The van der Waals surface area contributed by atoms with Crippen LogP contribution in [-0.4, -0.2) is 33.2 Å². The van der Waals surface area contributed by atoms with Crippen LogP contribution >= 0.6 is 46.1 Å². The lowest BCUT2D eigenvalue weighted by Crippen LogP contribution is -2.42. The van der Waals surface area contributed by atoms with Crippen LogP contribution in [0.15, 0.2) is 18.2 Å². The summed E-state index contributed by atoms with van der Waals surface area (Å²) < 4.78 is 0.264. The molecule has 128 valence electrons. The summed E-state index contributed by atoms with van der Waals surface area (Å²) in [6, 6.07) is 5.82. The summed E-state index contributed by atoms with van der Waals surface area (Å²) in [7, 11) is 0. The zero-order valence-corrected chi connectivity index (χ0v) is 16.3. The molecule has 24 heavy (non-hydrogen) atoms. The molecule has 1 aromatic carbocycles. The van der Waals surface area contributed by atoms with Crippen LogP contribution in [0.4, 0.5) is 0 Å². The van der Waals surface area contributed by atoms with E-state index in [2.05, 4.69) is 0 Å². The van der Waals surface area contributed by atoms with Crippen LogP contribution in [0.3, 0.4) is 0 Å². The number of carbonyl (C=O) groups is 1. The van der Waals surface area contributed by atoms with Crippen molar-refractivity contribution in [1.82, 2.24) is 9.88 Å². The fourth-order valence-corrected chi connectivity index (χ4v) is 5.38. The smallest absolute Gasteiger partial charge is 0.231 e. The molecule has 4 rings (SSSR count). The van der Waals surface area contributed by atoms with Crippen LogP contribution < -0.4 is 0 Å². The third-order valence-corrected chi connectivity index (χ3v) is 7.76. The van der Waals surface area contributed by atoms with Crippen LogP contribution in [0.25, 0.3) is 10.2 Å². The Kier molecular flexibility index (Phi) is 4.03. The summed E-state index contributed by atoms with van der Waals surface area (Å²) in [5.41, 5.74) is 0.343. The van der Waals surface area contributed by atoms with E-state index < -0.39 is 9.75 Å². The van der Waals surface area contributed by atoms with Crippen molar-refractivity contribution in [2.24, 2.45) is 5.41 Å². The van der Waals surface area contributed by atoms with E-state index in [0.29, 0.717) is 17.4 Å². The Hall–Kier alpha value is -0.550. The number of aromatic nitrogens is 1. The van der Waals surface area contributed by atoms with Gasteiger partial charge in [-0.2, -0.15) is 0 Å². The largest absolute Gasteiger partial charge is 0.342 e. The monoisotopic (exact) mass is 402 g/mol. The Morgan fingerprint density at radius 1 is 1.33 bits per heavy atom. The number of benzene rings is 1. The Morgan fingerprint density at radius 3 is 2.62 bits per heavy atom. The minimum Gasteiger partial charge on any atom is -0.342 e. The first kappa shape index (κ1) is 16.9. The molecular weight excluding hydrogens is 387 g/mol. The molecule has 1 saturated carbocycles. The fraction of sp³-hybridized carbons (Fsp3) is 0.529. The maximum Gasteiger partial charge on any atom is 0.231 e. The number of nitrogens with zero attached hydrogens (tertiary/aromatic N) is 2. The highest BCUT2D eigenvalue weighted by Crippen LogP contribution is 2.64. The average molecular weight is 404 g/mol. The molecule has 3 nitrogen and oxygen atoms in total. The summed E-state index contributed by atoms with van der Waals surface area (Å²) in [5, 5.41) is 1.85. The summed E-state index contributed by atoms with van der Waals surface area (Å²) in [5.74, 6) is 0.482. The number of piperidine rings is 1. The summed E-state index contributed by atoms with van der Waals surface area (Å²) in [6.45, 7) is 3.33. The van der Waals surface area contributed by atoms with Gasteiger partial charge in [0.05, 0.1) is 20.6 Å². The molecule has 0 radical (unpaired) electrons. The molecule has 1 aliphatic heterocycles. The molecule has 1 aliphatic carbocycles. The number of halogens is 3. The Bertz CT molecular complexity index is 813. The van der Waals surface area contributed by atoms with Crippen molar-refractivity contribution in [3.8, 4) is 0 Å². The highest BCUT2D eigenvalue weighted by molar-refractivity contribution is 7.18. The minimum absolute atomic E-state index is 0.0852. The van der Waals surface area contributed by atoms with E-state index in [-0.39, 0.29) is 5.91 Å². The normalized spacial score (nSPS) is 26.8. The van der Waals surface area contributed by atoms with E-state index in [1.807, 2.05) is 30.0 Å². The molecule has 2 aromatic rings. The molecule has 1 amide bonds. The lowest BCUT2D eigenvalue weighted by Gasteiger charge is -2.33. The SMILES string of the molecule is CC1(C(=O)N2CCC(c3nc4cc(Cl)ccc4s3)CC2)CC1(Cl)Cl. The van der Waals surface area contributed by atoms with Gasteiger partial charge in [0.25, 0.3) is 0 Å². The predicted molar refractivity (Wildman–Crippen MR) is 100 cm³/mol. The number of thiazole rings is 1. The van der Waals surface area contributed by atoms with Crippen molar-refractivity contribution in [2.75, 3.05) is 13.1 Å². The first-order valence-electron chi connectivity index (χ1n) is 8.03. The number of carbonyl (C=O) groups excluding carboxylic acids is 1. The van der Waals surface area contributed by atoms with Crippen molar-refractivity contribution < 1.29 is 4.79 Å². The fourth-order valence-electron chi connectivity index (χ4n) is 3.40. The summed E-state index contributed by atoms with van der Waals surface area (Å²) >= 11 is 20.1. The number of fused-ring (bicyclic) bond motifs is 1. The van der Waals surface area contributed by atoms with E-state index >= 15 is 0 Å². The van der Waals surface area contributed by atoms with Gasteiger partial charge in [0.1, 0.15) is 4.33 Å². The highest BCUT2D eigenvalue weighted by Gasteiger charge is 2.68. The topological polar surface area (TPSA) is 33.2 Å². The van der Waals surface area contributed by atoms with Gasteiger partial charge in [-0.1, -0.05) is 11.6 Å². The van der Waals surface area contributed by atoms with Crippen molar-refractivity contribution in [3.05, 3.63) is 28.2 Å². The van der Waals surface area contributed by atoms with Gasteiger partial charge >= 0.3 is 0 Å². The van der Waals surface area contributed by atoms with Crippen LogP contribution in [0, 0.1) is 5.41 Å². The zero-order valence-electron chi connectivity index (χ0n) is 13.2. The third-order valence-electron chi connectivity index (χ3n) is 5.23. The Balaban J connectivity index is 1.45. The second-order valence-corrected chi connectivity index (χ2v) is 9.93. The molecule has 1 aromatic heterocycles. The molecule has 0 N–H and O–H groups in total. The zero-order chi connectivity index (χ0) is 17.1. The number of alkyl halides is 2. The predicted octanol–water partition coefficient (Wildman–Crippen LogP) is 5.24.